The van der Waals surface area contributed by atoms with Gasteiger partial charge in [-0.05, 0) is 125 Å². The first-order chi connectivity index (χ1) is 30.8. The molecule has 0 fully saturated rings. The number of hydrogen-bond acceptors (Lipinski definition) is 1. The predicted molar refractivity (Wildman–Crippen MR) is 264 cm³/mol. The van der Waals surface area contributed by atoms with Crippen LogP contribution in [0.4, 0.5) is 11.4 Å². The summed E-state index contributed by atoms with van der Waals surface area (Å²) in [5.74, 6) is 0. The van der Waals surface area contributed by atoms with Gasteiger partial charge >= 0.3 is 6.85 Å². The molecule has 0 radical (unpaired) electrons. The van der Waals surface area contributed by atoms with Gasteiger partial charge in [0.1, 0.15) is 0 Å². The fraction of sp³-hybridized carbons (Fsp3) is 0. The molecule has 0 aliphatic carbocycles. The Hall–Kier alpha value is -7.94. The van der Waals surface area contributed by atoms with E-state index in [-0.39, 0.29) is 6.85 Å². The van der Waals surface area contributed by atoms with Crippen molar-refractivity contribution in [1.82, 2.24) is 0 Å². The van der Waals surface area contributed by atoms with Gasteiger partial charge in [-0.25, -0.2) is 0 Å². The average molecular weight is 786 g/mol. The van der Waals surface area contributed by atoms with E-state index in [1.165, 1.54) is 111 Å². The zero-order valence-electron chi connectivity index (χ0n) is 34.1. The lowest BCUT2D eigenvalue weighted by Gasteiger charge is -2.43. The molecule has 0 N–H and O–H groups in total. The van der Waals surface area contributed by atoms with Gasteiger partial charge in [0.2, 0.25) is 0 Å². The predicted octanol–water partition coefficient (Wildman–Crippen LogP) is 14.6. The van der Waals surface area contributed by atoms with E-state index in [0.717, 1.165) is 0 Å². The van der Waals surface area contributed by atoms with Crippen LogP contribution in [0.5, 0.6) is 0 Å². The van der Waals surface area contributed by atoms with Crippen LogP contribution >= 0.6 is 0 Å². The van der Waals surface area contributed by atoms with Crippen LogP contribution in [0.1, 0.15) is 0 Å². The van der Waals surface area contributed by atoms with Crippen molar-refractivity contribution in [2.45, 2.75) is 0 Å². The molecule has 10 aromatic rings. The van der Waals surface area contributed by atoms with Gasteiger partial charge in [-0.1, -0.05) is 206 Å². The van der Waals surface area contributed by atoms with Crippen LogP contribution in [0, 0.1) is 0 Å². The zero-order valence-corrected chi connectivity index (χ0v) is 34.1. The Labute approximate surface area is 364 Å². The summed E-state index contributed by atoms with van der Waals surface area (Å²) in [6.45, 7) is 0.0363. The minimum Gasteiger partial charge on any atom is -0.376 e. The summed E-state index contributed by atoms with van der Waals surface area (Å²) < 4.78 is 0. The Bertz CT molecular complexity index is 3060. The van der Waals surface area contributed by atoms with Gasteiger partial charge in [-0.3, -0.25) is 0 Å². The lowest BCUT2D eigenvalue weighted by Crippen LogP contribution is -2.59. The van der Waals surface area contributed by atoms with Gasteiger partial charge in [0.05, 0.1) is 0 Å². The number of hydrogen-bond donors (Lipinski definition) is 0. The van der Waals surface area contributed by atoms with Crippen molar-refractivity contribution in [3.05, 3.63) is 243 Å². The van der Waals surface area contributed by atoms with Gasteiger partial charge in [0, 0.05) is 22.5 Å². The van der Waals surface area contributed by atoms with Crippen molar-refractivity contribution in [2.75, 3.05) is 4.81 Å². The molecule has 0 spiro atoms. The van der Waals surface area contributed by atoms with E-state index in [4.69, 9.17) is 0 Å². The normalized spacial score (nSPS) is 12.1. The number of rotatable bonds is 6. The molecule has 2 heterocycles. The van der Waals surface area contributed by atoms with Crippen LogP contribution in [-0.2, 0) is 0 Å². The molecule has 10 aromatic carbocycles. The number of benzene rings is 10. The van der Waals surface area contributed by atoms with Gasteiger partial charge in [-0.15, -0.1) is 0 Å². The lowest BCUT2D eigenvalue weighted by atomic mass is 9.43. The second-order valence-corrected chi connectivity index (χ2v) is 16.4. The zero-order chi connectivity index (χ0) is 41.0. The summed E-state index contributed by atoms with van der Waals surface area (Å²) in [5.41, 5.74) is 24.7. The van der Waals surface area contributed by atoms with Crippen molar-refractivity contribution >= 4 is 29.1 Å². The molecular formula is C60H40BN. The van der Waals surface area contributed by atoms with Crippen LogP contribution in [0.3, 0.4) is 0 Å². The Kier molecular flexibility index (Phi) is 8.68. The van der Waals surface area contributed by atoms with E-state index < -0.39 is 0 Å². The maximum atomic E-state index is 2.61. The second-order valence-electron chi connectivity index (χ2n) is 16.4. The Balaban J connectivity index is 1.03. The van der Waals surface area contributed by atoms with E-state index in [1.807, 2.05) is 0 Å². The third-order valence-electron chi connectivity index (χ3n) is 12.9. The molecule has 1 nitrogen and oxygen atoms in total. The first-order valence-electron chi connectivity index (χ1n) is 21.5. The fourth-order valence-electron chi connectivity index (χ4n) is 10.00. The topological polar surface area (TPSA) is 3.24 Å². The van der Waals surface area contributed by atoms with Gasteiger partial charge in [-0.2, -0.15) is 0 Å². The van der Waals surface area contributed by atoms with Crippen molar-refractivity contribution in [2.24, 2.45) is 0 Å². The SMILES string of the molecule is c1ccc(-c2ccc(-c3ccc4c(c3)-c3ccccc3B3c5ccccc5-c5cc(-c6ccc(-c7ccccc7)cc6-c6ccccc6)ccc5N34)c(-c3ccccc3)c2)cc1. The van der Waals surface area contributed by atoms with Crippen LogP contribution in [0.25, 0.3) is 89.0 Å². The fourth-order valence-corrected chi connectivity index (χ4v) is 10.00. The second kappa shape index (κ2) is 15.0. The monoisotopic (exact) mass is 785 g/mol. The summed E-state index contributed by atoms with van der Waals surface area (Å²) in [5, 5.41) is 0. The third kappa shape index (κ3) is 6.03. The summed E-state index contributed by atoms with van der Waals surface area (Å²) >= 11 is 0. The number of anilines is 2. The van der Waals surface area contributed by atoms with Crippen molar-refractivity contribution in [1.29, 1.82) is 0 Å². The molecule has 62 heavy (non-hydrogen) atoms. The van der Waals surface area contributed by atoms with Crippen LogP contribution in [0.15, 0.2) is 243 Å². The van der Waals surface area contributed by atoms with Crippen molar-refractivity contribution in [3.8, 4) is 89.0 Å². The van der Waals surface area contributed by atoms with Gasteiger partial charge < -0.3 is 4.81 Å². The molecule has 2 aliphatic rings. The summed E-state index contributed by atoms with van der Waals surface area (Å²) in [6.07, 6.45) is 0. The van der Waals surface area contributed by atoms with Crippen LogP contribution in [-0.4, -0.2) is 6.85 Å². The van der Waals surface area contributed by atoms with E-state index >= 15 is 0 Å². The molecule has 0 aromatic heterocycles. The van der Waals surface area contributed by atoms with Gasteiger partial charge in [0.25, 0.3) is 0 Å². The average Bonchev–Trinajstić information content (AvgIpc) is 3.36. The maximum absolute atomic E-state index is 2.61. The molecule has 288 valence electrons. The molecule has 0 saturated heterocycles. The standard InChI is InChI=1S/C60H40BN/c1-5-17-41(18-6-1)45-29-33-49(53(37-45)43-21-9-3-10-22-43)47-31-35-59-55(39-47)51-25-13-15-27-57(51)61-58-28-16-14-26-52(58)56-40-48(32-36-60(56)62(59)61)50-34-30-46(42-19-7-2-8-20-42)38-54(50)44-23-11-4-12-24-44/h1-40H. The minimum absolute atomic E-state index is 0.0363. The first kappa shape index (κ1) is 36.0. The lowest BCUT2D eigenvalue weighted by molar-refractivity contribution is 1.35. The largest absolute Gasteiger partial charge is 0.376 e. The molecular weight excluding hydrogens is 745 g/mol. The van der Waals surface area contributed by atoms with Gasteiger partial charge in [0.15, 0.2) is 0 Å². The number of fused-ring (bicyclic) bond motifs is 11. The number of nitrogens with zero attached hydrogens (tertiary/aromatic N) is 1. The molecule has 2 aliphatic heterocycles. The van der Waals surface area contributed by atoms with E-state index in [1.54, 1.807) is 0 Å². The van der Waals surface area contributed by atoms with Crippen molar-refractivity contribution < 1.29 is 0 Å². The minimum atomic E-state index is 0.0363. The highest BCUT2D eigenvalue weighted by Gasteiger charge is 2.42. The third-order valence-corrected chi connectivity index (χ3v) is 12.9. The summed E-state index contributed by atoms with van der Waals surface area (Å²) in [6, 6.07) is 89.3. The summed E-state index contributed by atoms with van der Waals surface area (Å²) in [7, 11) is 0. The van der Waals surface area contributed by atoms with Crippen LogP contribution in [0.2, 0.25) is 0 Å². The Morgan fingerprint density at radius 3 is 0.968 bits per heavy atom. The molecule has 2 heteroatoms. The van der Waals surface area contributed by atoms with E-state index in [0.29, 0.717) is 0 Å². The molecule has 0 saturated carbocycles. The highest BCUT2D eigenvalue weighted by atomic mass is 15.1. The molecule has 12 rings (SSSR count). The Morgan fingerprint density at radius 2 is 0.548 bits per heavy atom. The summed E-state index contributed by atoms with van der Waals surface area (Å²) in [4.78, 5) is 2.61. The van der Waals surface area contributed by atoms with E-state index in [9.17, 15) is 0 Å². The van der Waals surface area contributed by atoms with Crippen LogP contribution < -0.4 is 15.7 Å². The quantitative estimate of drug-likeness (QED) is 0.152. The molecule has 0 atom stereocenters. The maximum Gasteiger partial charge on any atom is 0.329 e. The molecule has 0 unspecified atom stereocenters. The van der Waals surface area contributed by atoms with E-state index in [2.05, 4.69) is 247 Å². The smallest absolute Gasteiger partial charge is 0.329 e. The highest BCUT2D eigenvalue weighted by Crippen LogP contribution is 2.49. The molecule has 0 bridgehead atoms. The Morgan fingerprint density at radius 1 is 0.210 bits per heavy atom. The highest BCUT2D eigenvalue weighted by molar-refractivity contribution is 6.92. The first-order valence-corrected chi connectivity index (χ1v) is 21.5. The molecule has 0 amide bonds. The van der Waals surface area contributed by atoms with Crippen molar-refractivity contribution in [3.63, 3.8) is 0 Å².